The first kappa shape index (κ1) is 25.9. The molecule has 1 N–H and O–H groups in total. The molecule has 40 heavy (non-hydrogen) atoms. The number of aromatic nitrogens is 6. The van der Waals surface area contributed by atoms with Crippen LogP contribution in [0, 0.1) is 17.1 Å². The molecule has 0 aromatic carbocycles. The van der Waals surface area contributed by atoms with E-state index in [2.05, 4.69) is 36.0 Å². The molecule has 1 amide bonds. The van der Waals surface area contributed by atoms with Crippen LogP contribution < -0.4 is 0 Å². The summed E-state index contributed by atoms with van der Waals surface area (Å²) in [7, 11) is 0. The van der Waals surface area contributed by atoms with E-state index >= 15 is 0 Å². The number of halogens is 4. The molecule has 0 atom stereocenters. The van der Waals surface area contributed by atoms with Crippen LogP contribution in [0.3, 0.4) is 0 Å². The Morgan fingerprint density at radius 1 is 1.15 bits per heavy atom. The van der Waals surface area contributed by atoms with Crippen LogP contribution in [0.4, 0.5) is 17.6 Å². The molecule has 1 saturated heterocycles. The highest BCUT2D eigenvalue weighted by Gasteiger charge is 2.49. The molecule has 0 bridgehead atoms. The summed E-state index contributed by atoms with van der Waals surface area (Å²) in [5, 5.41) is 15.0. The Morgan fingerprint density at radius 3 is 2.65 bits per heavy atom. The van der Waals surface area contributed by atoms with Crippen molar-refractivity contribution >= 4 is 16.9 Å². The number of aromatic amines is 1. The van der Waals surface area contributed by atoms with E-state index in [4.69, 9.17) is 0 Å². The molecular formula is C26H23F4N9O. The highest BCUT2D eigenvalue weighted by molar-refractivity contribution is 5.94. The summed E-state index contributed by atoms with van der Waals surface area (Å²) in [6, 6.07) is 5.30. The first-order valence-corrected chi connectivity index (χ1v) is 12.7. The van der Waals surface area contributed by atoms with E-state index in [0.717, 1.165) is 34.6 Å². The number of rotatable bonds is 5. The molecule has 0 unspecified atom stereocenters. The van der Waals surface area contributed by atoms with Gasteiger partial charge in [0.05, 0.1) is 35.5 Å². The lowest BCUT2D eigenvalue weighted by Gasteiger charge is -2.52. The van der Waals surface area contributed by atoms with Crippen molar-refractivity contribution in [3.8, 4) is 17.3 Å². The van der Waals surface area contributed by atoms with E-state index in [-0.39, 0.29) is 25.6 Å². The number of carbonyl (C=O) groups excluding carboxylic acids is 1. The summed E-state index contributed by atoms with van der Waals surface area (Å²) in [6.45, 7) is 1.45. The minimum absolute atomic E-state index is 0.142. The maximum atomic E-state index is 14.4. The van der Waals surface area contributed by atoms with Crippen LogP contribution in [-0.2, 0) is 11.7 Å². The molecule has 0 spiro atoms. The number of carbonyl (C=O) groups is 1. The summed E-state index contributed by atoms with van der Waals surface area (Å²) in [5.74, 6) is -2.44. The second-order valence-electron chi connectivity index (χ2n) is 10.1. The Kier molecular flexibility index (Phi) is 6.25. The molecule has 5 heterocycles. The zero-order valence-corrected chi connectivity index (χ0v) is 21.1. The van der Waals surface area contributed by atoms with Gasteiger partial charge in [-0.15, -0.1) is 0 Å². The minimum Gasteiger partial charge on any atom is -0.346 e. The number of nitrogens with one attached hydrogen (secondary N) is 1. The van der Waals surface area contributed by atoms with Gasteiger partial charge in [0.2, 0.25) is 0 Å². The molecule has 10 nitrogen and oxygen atoms in total. The van der Waals surface area contributed by atoms with Crippen molar-refractivity contribution < 1.29 is 22.4 Å². The molecule has 206 valence electrons. The largest absolute Gasteiger partial charge is 0.436 e. The predicted octanol–water partition coefficient (Wildman–Crippen LogP) is 3.60. The number of fused-ring (bicyclic) bond motifs is 1. The number of nitriles is 1. The smallest absolute Gasteiger partial charge is 0.346 e. The number of H-pyrrole nitrogens is 1. The first-order chi connectivity index (χ1) is 19.2. The van der Waals surface area contributed by atoms with E-state index in [1.807, 2.05) is 16.9 Å². The molecule has 1 aliphatic carbocycles. The lowest BCUT2D eigenvalue weighted by Crippen LogP contribution is -2.60. The van der Waals surface area contributed by atoms with Crippen molar-refractivity contribution in [1.29, 1.82) is 5.26 Å². The number of hydrogen-bond donors (Lipinski definition) is 1. The maximum Gasteiger partial charge on any atom is 0.436 e. The average Bonchev–Trinajstić information content (AvgIpc) is 3.60. The van der Waals surface area contributed by atoms with Crippen molar-refractivity contribution in [2.75, 3.05) is 26.2 Å². The fraction of sp³-hybridized carbons (Fsp3) is 0.385. The van der Waals surface area contributed by atoms with Crippen LogP contribution in [-0.4, -0.2) is 77.6 Å². The first-order valence-electron chi connectivity index (χ1n) is 12.7. The second-order valence-corrected chi connectivity index (χ2v) is 10.1. The van der Waals surface area contributed by atoms with E-state index in [1.54, 1.807) is 12.4 Å². The van der Waals surface area contributed by atoms with Gasteiger partial charge in [0.15, 0.2) is 11.5 Å². The van der Waals surface area contributed by atoms with Crippen molar-refractivity contribution in [2.24, 2.45) is 0 Å². The summed E-state index contributed by atoms with van der Waals surface area (Å²) >= 11 is 0. The number of nitrogens with zero attached hydrogens (tertiary/aromatic N) is 8. The molecule has 4 aromatic rings. The molecule has 6 rings (SSSR count). The molecule has 14 heteroatoms. The number of hydrogen-bond acceptors (Lipinski definition) is 7. The van der Waals surface area contributed by atoms with Crippen LogP contribution in [0.1, 0.15) is 35.3 Å². The van der Waals surface area contributed by atoms with Gasteiger partial charge in [0, 0.05) is 61.8 Å². The van der Waals surface area contributed by atoms with Gasteiger partial charge < -0.3 is 9.88 Å². The van der Waals surface area contributed by atoms with Crippen molar-refractivity contribution in [1.82, 2.24) is 39.5 Å². The minimum atomic E-state index is -4.99. The third kappa shape index (κ3) is 4.36. The molecule has 1 aliphatic heterocycles. The topological polar surface area (TPSA) is 120 Å². The Balaban J connectivity index is 1.12. The zero-order chi connectivity index (χ0) is 28.1. The quantitative estimate of drug-likeness (QED) is 0.375. The van der Waals surface area contributed by atoms with Crippen LogP contribution in [0.15, 0.2) is 43.2 Å². The average molecular weight is 554 g/mol. The second kappa shape index (κ2) is 9.67. The summed E-state index contributed by atoms with van der Waals surface area (Å²) < 4.78 is 55.4. The standard InChI is InChI=1S/C26H23F4N9O/c27-20-18(1-5-32-22(20)26(28,29)30)24(40)38-9-7-37(8-10-38)17-11-25(12-17,3-4-31)39-14-16(13-36-39)21-19-2-6-33-23(19)35-15-34-21/h1-2,5-6,13-15,17H,3,7-12H2,(H,33,34,35). The molecule has 2 aliphatic rings. The molecule has 0 radical (unpaired) electrons. The highest BCUT2D eigenvalue weighted by atomic mass is 19.4. The maximum absolute atomic E-state index is 14.4. The zero-order valence-electron chi connectivity index (χ0n) is 21.1. The van der Waals surface area contributed by atoms with Gasteiger partial charge in [0.25, 0.3) is 5.91 Å². The monoisotopic (exact) mass is 553 g/mol. The Hall–Kier alpha value is -4.38. The third-order valence-corrected chi connectivity index (χ3v) is 7.84. The lowest BCUT2D eigenvalue weighted by molar-refractivity contribution is -0.143. The van der Waals surface area contributed by atoms with Gasteiger partial charge in [0.1, 0.15) is 12.0 Å². The van der Waals surface area contributed by atoms with Crippen LogP contribution in [0.2, 0.25) is 0 Å². The Bertz CT molecular complexity index is 1610. The van der Waals surface area contributed by atoms with Gasteiger partial charge in [-0.25, -0.2) is 19.3 Å². The molecule has 4 aromatic heterocycles. The SMILES string of the molecule is N#CCC1(n2cc(-c3ncnc4[nH]ccc34)cn2)CC(N2CCN(C(=O)c3ccnc(C(F)(F)F)c3F)CC2)C1. The van der Waals surface area contributed by atoms with Gasteiger partial charge in [-0.05, 0) is 25.0 Å². The number of amides is 1. The predicted molar refractivity (Wildman–Crippen MR) is 133 cm³/mol. The van der Waals surface area contributed by atoms with E-state index in [1.165, 1.54) is 11.2 Å². The van der Waals surface area contributed by atoms with Gasteiger partial charge in [-0.1, -0.05) is 0 Å². The number of pyridine rings is 1. The van der Waals surface area contributed by atoms with Crippen molar-refractivity contribution in [2.45, 2.75) is 37.0 Å². The highest BCUT2D eigenvalue weighted by Crippen LogP contribution is 2.45. The molecular weight excluding hydrogens is 530 g/mol. The Morgan fingerprint density at radius 2 is 1.93 bits per heavy atom. The molecule has 2 fully saturated rings. The molecule has 1 saturated carbocycles. The van der Waals surface area contributed by atoms with Crippen LogP contribution in [0.25, 0.3) is 22.3 Å². The number of alkyl halides is 3. The lowest BCUT2D eigenvalue weighted by atomic mass is 9.70. The summed E-state index contributed by atoms with van der Waals surface area (Å²) in [5.41, 5.74) is -0.533. The van der Waals surface area contributed by atoms with Gasteiger partial charge in [-0.2, -0.15) is 23.5 Å². The van der Waals surface area contributed by atoms with E-state index in [9.17, 15) is 27.6 Å². The number of piperazine rings is 1. The van der Waals surface area contributed by atoms with Crippen LogP contribution in [0.5, 0.6) is 0 Å². The summed E-state index contributed by atoms with van der Waals surface area (Å²) in [4.78, 5) is 31.1. The van der Waals surface area contributed by atoms with E-state index < -0.39 is 34.7 Å². The fourth-order valence-electron chi connectivity index (χ4n) is 5.71. The normalized spacial score (nSPS) is 21.8. The Labute approximate surface area is 225 Å². The van der Waals surface area contributed by atoms with E-state index in [0.29, 0.717) is 25.9 Å². The van der Waals surface area contributed by atoms with Gasteiger partial charge >= 0.3 is 6.18 Å². The van der Waals surface area contributed by atoms with Crippen molar-refractivity contribution in [3.05, 3.63) is 60.3 Å². The fourth-order valence-corrected chi connectivity index (χ4v) is 5.71. The van der Waals surface area contributed by atoms with Gasteiger partial charge in [-0.3, -0.25) is 14.4 Å². The summed E-state index contributed by atoms with van der Waals surface area (Å²) in [6.07, 6.45) is 4.34. The third-order valence-electron chi connectivity index (χ3n) is 7.84. The van der Waals surface area contributed by atoms with Crippen LogP contribution >= 0.6 is 0 Å². The van der Waals surface area contributed by atoms with Crippen molar-refractivity contribution in [3.63, 3.8) is 0 Å².